The Bertz CT molecular complexity index is 1210. The minimum Gasteiger partial charge on any atom is -0.462 e. The molecule has 1 aliphatic carbocycles. The van der Waals surface area contributed by atoms with Crippen molar-refractivity contribution in [1.29, 1.82) is 0 Å². The van der Waals surface area contributed by atoms with Crippen molar-refractivity contribution in [1.82, 2.24) is 0 Å². The smallest absolute Gasteiger partial charge is 0.462 e. The van der Waals surface area contributed by atoms with Gasteiger partial charge in [0, 0.05) is 12.8 Å². The third-order valence-corrected chi connectivity index (χ3v) is 11.3. The summed E-state index contributed by atoms with van der Waals surface area (Å²) in [6.45, 7) is 4.75. The Morgan fingerprint density at radius 1 is 0.576 bits per heavy atom. The number of aliphatic hydroxyl groups is 5. The molecule has 0 amide bonds. The molecule has 0 aromatic rings. The molecule has 59 heavy (non-hydrogen) atoms. The molecule has 1 saturated carbocycles. The number of carbonyl (C=O) groups is 2. The minimum absolute atomic E-state index is 0.0859. The van der Waals surface area contributed by atoms with E-state index in [1.807, 2.05) is 6.08 Å². The second-order valence-electron chi connectivity index (χ2n) is 15.6. The average Bonchev–Trinajstić information content (AvgIpc) is 3.21. The first-order valence-corrected chi connectivity index (χ1v) is 23.9. The standard InChI is InChI=1S/C45H79O13P/c1-3-5-7-9-11-13-15-17-19-21-23-25-27-29-31-33-38(46)55-35-37(36-56-59(53,54)58-45-43(51)41(49)40(48)42(50)44(45)52)57-39(47)34-32-30-28-26-24-22-20-18-16-14-12-10-8-6-4-2/h4,11,13,17,19,23,25,37,40-45,48-52H,2-3,5-10,12,14-16,18,20-22,24,26-36H2,1H3,(H,53,54)/b13-11+,19-17+,25-23+/t37-,40?,41-,42?,43?,44?,45?/m1/s1. The van der Waals surface area contributed by atoms with Gasteiger partial charge in [-0.15, -0.1) is 6.58 Å². The monoisotopic (exact) mass is 859 g/mol. The number of carbonyl (C=O) groups excluding carboxylic acids is 2. The molecule has 0 heterocycles. The summed E-state index contributed by atoms with van der Waals surface area (Å²) in [5.74, 6) is -1.15. The molecule has 13 nitrogen and oxygen atoms in total. The van der Waals surface area contributed by atoms with E-state index in [0.29, 0.717) is 12.8 Å². The minimum atomic E-state index is -5.13. The number of hydrogen-bond donors (Lipinski definition) is 6. The van der Waals surface area contributed by atoms with Crippen LogP contribution in [0, 0.1) is 0 Å². The van der Waals surface area contributed by atoms with Crippen molar-refractivity contribution < 1.29 is 63.1 Å². The van der Waals surface area contributed by atoms with E-state index in [4.69, 9.17) is 18.5 Å². The fourth-order valence-corrected chi connectivity index (χ4v) is 7.60. The van der Waals surface area contributed by atoms with Crippen molar-refractivity contribution in [2.75, 3.05) is 13.2 Å². The molecular weight excluding hydrogens is 779 g/mol. The first kappa shape index (κ1) is 54.8. The van der Waals surface area contributed by atoms with E-state index >= 15 is 0 Å². The van der Waals surface area contributed by atoms with E-state index in [2.05, 4.69) is 50.0 Å². The lowest BCUT2D eigenvalue weighted by Crippen LogP contribution is -2.64. The van der Waals surface area contributed by atoms with Gasteiger partial charge in [0.2, 0.25) is 0 Å². The Hall–Kier alpha value is -2.19. The van der Waals surface area contributed by atoms with E-state index in [-0.39, 0.29) is 12.8 Å². The Balaban J connectivity index is 2.50. The summed E-state index contributed by atoms with van der Waals surface area (Å²) in [6.07, 6.45) is 26.3. The van der Waals surface area contributed by atoms with Crippen LogP contribution in [0.25, 0.3) is 0 Å². The van der Waals surface area contributed by atoms with Gasteiger partial charge in [-0.3, -0.25) is 18.6 Å². The van der Waals surface area contributed by atoms with Crippen LogP contribution in [0.2, 0.25) is 0 Å². The summed E-state index contributed by atoms with van der Waals surface area (Å²) in [4.78, 5) is 35.6. The first-order chi connectivity index (χ1) is 28.4. The maximum absolute atomic E-state index is 12.8. The van der Waals surface area contributed by atoms with E-state index in [1.54, 1.807) is 0 Å². The number of allylic oxidation sites excluding steroid dienone is 7. The molecule has 0 spiro atoms. The van der Waals surface area contributed by atoms with Crippen molar-refractivity contribution in [3.05, 3.63) is 49.1 Å². The summed E-state index contributed by atoms with van der Waals surface area (Å²) >= 11 is 0. The summed E-state index contributed by atoms with van der Waals surface area (Å²) in [5.41, 5.74) is 0. The highest BCUT2D eigenvalue weighted by Gasteiger charge is 2.51. The van der Waals surface area contributed by atoms with Crippen LogP contribution in [-0.2, 0) is 32.7 Å². The normalized spacial score (nSPS) is 22.6. The predicted molar refractivity (Wildman–Crippen MR) is 230 cm³/mol. The Labute approximate surface area is 354 Å². The summed E-state index contributed by atoms with van der Waals surface area (Å²) < 4.78 is 33.4. The van der Waals surface area contributed by atoms with Gasteiger partial charge in [-0.2, -0.15) is 0 Å². The summed E-state index contributed by atoms with van der Waals surface area (Å²) in [5, 5.41) is 50.1. The predicted octanol–water partition coefficient (Wildman–Crippen LogP) is 8.39. The first-order valence-electron chi connectivity index (χ1n) is 22.4. The number of aliphatic hydroxyl groups excluding tert-OH is 5. The highest BCUT2D eigenvalue weighted by atomic mass is 31.2. The largest absolute Gasteiger partial charge is 0.472 e. The second kappa shape index (κ2) is 35.4. The van der Waals surface area contributed by atoms with Crippen LogP contribution in [0.5, 0.6) is 0 Å². The number of hydrogen-bond acceptors (Lipinski definition) is 12. The third-order valence-electron chi connectivity index (χ3n) is 10.3. The number of phosphoric acid groups is 1. The second-order valence-corrected chi connectivity index (χ2v) is 17.0. The molecule has 8 atom stereocenters. The molecule has 6 N–H and O–H groups in total. The molecule has 0 aromatic heterocycles. The zero-order valence-electron chi connectivity index (χ0n) is 35.9. The van der Waals surface area contributed by atoms with Gasteiger partial charge in [0.15, 0.2) is 6.10 Å². The third kappa shape index (κ3) is 28.1. The Morgan fingerprint density at radius 2 is 1.00 bits per heavy atom. The zero-order chi connectivity index (χ0) is 43.6. The van der Waals surface area contributed by atoms with Crippen LogP contribution in [-0.4, -0.2) is 98.3 Å². The van der Waals surface area contributed by atoms with Gasteiger partial charge in [0.05, 0.1) is 6.61 Å². The molecule has 0 radical (unpaired) electrons. The maximum atomic E-state index is 12.8. The van der Waals surface area contributed by atoms with E-state index in [9.17, 15) is 44.6 Å². The highest BCUT2D eigenvalue weighted by molar-refractivity contribution is 7.47. The SMILES string of the molecule is C=CCCCCCCCCCCCCCCCC(=O)O[C@H](COC(=O)CCCC/C=C/C/C=C/C/C=C/CCCCC)COP(=O)(O)OC1C(O)C(O)C(O)[C@@H](O)C1O. The van der Waals surface area contributed by atoms with Gasteiger partial charge in [-0.1, -0.05) is 133 Å². The quantitative estimate of drug-likeness (QED) is 0.0150. The van der Waals surface area contributed by atoms with Crippen molar-refractivity contribution in [2.45, 2.75) is 210 Å². The van der Waals surface area contributed by atoms with Crippen LogP contribution >= 0.6 is 7.82 Å². The zero-order valence-corrected chi connectivity index (χ0v) is 36.8. The van der Waals surface area contributed by atoms with Crippen molar-refractivity contribution in [3.8, 4) is 0 Å². The van der Waals surface area contributed by atoms with Crippen LogP contribution in [0.3, 0.4) is 0 Å². The van der Waals surface area contributed by atoms with E-state index < -0.39 is 75.7 Å². The van der Waals surface area contributed by atoms with Crippen LogP contribution in [0.4, 0.5) is 0 Å². The molecule has 0 aromatic carbocycles. The molecular formula is C45H79O13P. The average molecular weight is 859 g/mol. The number of unbranched alkanes of at least 4 members (excludes halogenated alkanes) is 18. The lowest BCUT2D eigenvalue weighted by Gasteiger charge is -2.41. The number of esters is 2. The molecule has 1 rings (SSSR count). The van der Waals surface area contributed by atoms with Gasteiger partial charge >= 0.3 is 19.8 Å². The lowest BCUT2D eigenvalue weighted by molar-refractivity contribution is -0.220. The number of phosphoric ester groups is 1. The molecule has 14 heteroatoms. The van der Waals surface area contributed by atoms with E-state index in [0.717, 1.165) is 64.2 Å². The molecule has 0 bridgehead atoms. The Kier molecular flexibility index (Phi) is 32.9. The van der Waals surface area contributed by atoms with Crippen LogP contribution in [0.15, 0.2) is 49.1 Å². The maximum Gasteiger partial charge on any atom is 0.472 e. The molecule has 1 fully saturated rings. The van der Waals surface area contributed by atoms with Gasteiger partial charge in [-0.05, 0) is 64.2 Å². The van der Waals surface area contributed by atoms with Crippen molar-refractivity contribution >= 4 is 19.8 Å². The Morgan fingerprint density at radius 3 is 1.53 bits per heavy atom. The van der Waals surface area contributed by atoms with Gasteiger partial charge in [0.25, 0.3) is 0 Å². The van der Waals surface area contributed by atoms with Crippen LogP contribution < -0.4 is 0 Å². The number of ether oxygens (including phenoxy) is 2. The molecule has 0 saturated heterocycles. The fraction of sp³-hybridized carbons (Fsp3) is 0.778. The number of rotatable bonds is 37. The summed E-state index contributed by atoms with van der Waals surface area (Å²) in [7, 11) is -5.13. The summed E-state index contributed by atoms with van der Waals surface area (Å²) in [6, 6.07) is 0. The van der Waals surface area contributed by atoms with Gasteiger partial charge < -0.3 is 39.9 Å². The molecule has 1 aliphatic rings. The fourth-order valence-electron chi connectivity index (χ4n) is 6.63. The van der Waals surface area contributed by atoms with Gasteiger partial charge in [0.1, 0.15) is 43.2 Å². The highest BCUT2D eigenvalue weighted by Crippen LogP contribution is 2.47. The van der Waals surface area contributed by atoms with Gasteiger partial charge in [-0.25, -0.2) is 4.57 Å². The topological polar surface area (TPSA) is 210 Å². The van der Waals surface area contributed by atoms with Crippen molar-refractivity contribution in [3.63, 3.8) is 0 Å². The molecule has 342 valence electrons. The molecule has 6 unspecified atom stereocenters. The lowest BCUT2D eigenvalue weighted by atomic mass is 9.85. The van der Waals surface area contributed by atoms with Crippen LogP contribution in [0.1, 0.15) is 167 Å². The molecule has 0 aliphatic heterocycles. The van der Waals surface area contributed by atoms with Crippen molar-refractivity contribution in [2.24, 2.45) is 0 Å². The van der Waals surface area contributed by atoms with E-state index in [1.165, 1.54) is 70.6 Å².